The molecule has 1 saturated heterocycles. The molecule has 1 aliphatic heterocycles. The Morgan fingerprint density at radius 3 is 2.46 bits per heavy atom. The second-order valence-electron chi connectivity index (χ2n) is 8.22. The first kappa shape index (κ1) is 28.3. The number of hydrogen-bond donors (Lipinski definition) is 1. The van der Waals surface area contributed by atoms with Gasteiger partial charge in [-0.3, -0.25) is 19.3 Å². The summed E-state index contributed by atoms with van der Waals surface area (Å²) in [7, 11) is 1.26. The monoisotopic (exact) mass is 590 g/mol. The molecular formula is C26H27BrN2O7S. The van der Waals surface area contributed by atoms with E-state index in [0.717, 1.165) is 22.2 Å². The molecule has 0 atom stereocenters. The van der Waals surface area contributed by atoms with E-state index in [9.17, 15) is 19.2 Å². The van der Waals surface area contributed by atoms with Crippen LogP contribution in [0.1, 0.15) is 37.8 Å². The first-order valence-electron chi connectivity index (χ1n) is 11.4. The number of anilines is 1. The molecule has 3 rings (SSSR count). The van der Waals surface area contributed by atoms with Gasteiger partial charge in [-0.15, -0.1) is 0 Å². The zero-order valence-corrected chi connectivity index (χ0v) is 23.2. The maximum absolute atomic E-state index is 12.9. The quantitative estimate of drug-likeness (QED) is 0.297. The van der Waals surface area contributed by atoms with Gasteiger partial charge in [-0.25, -0.2) is 4.79 Å². The fourth-order valence-corrected chi connectivity index (χ4v) is 4.76. The second-order valence-corrected chi connectivity index (χ2v) is 10.1. The van der Waals surface area contributed by atoms with Gasteiger partial charge in [0.15, 0.2) is 18.1 Å². The summed E-state index contributed by atoms with van der Waals surface area (Å²) in [5, 5.41) is 2.18. The van der Waals surface area contributed by atoms with Crippen LogP contribution in [0.3, 0.4) is 0 Å². The van der Waals surface area contributed by atoms with Gasteiger partial charge < -0.3 is 19.5 Å². The van der Waals surface area contributed by atoms with Gasteiger partial charge in [-0.1, -0.05) is 26.0 Å². The molecule has 9 nitrogen and oxygen atoms in total. The number of imide groups is 1. The zero-order valence-electron chi connectivity index (χ0n) is 20.8. The van der Waals surface area contributed by atoms with E-state index in [1.807, 2.05) is 12.1 Å². The number of hydrogen-bond acceptors (Lipinski definition) is 8. The van der Waals surface area contributed by atoms with Crippen LogP contribution >= 0.6 is 27.7 Å². The molecule has 0 aliphatic carbocycles. The maximum Gasteiger partial charge on any atom is 0.343 e. The number of rotatable bonds is 10. The van der Waals surface area contributed by atoms with Crippen LogP contribution in [-0.2, 0) is 19.1 Å². The summed E-state index contributed by atoms with van der Waals surface area (Å²) in [6.07, 6.45) is 1.53. The van der Waals surface area contributed by atoms with Crippen LogP contribution in [0.5, 0.6) is 11.5 Å². The van der Waals surface area contributed by atoms with Crippen molar-refractivity contribution in [3.63, 3.8) is 0 Å². The summed E-state index contributed by atoms with van der Waals surface area (Å²) < 4.78 is 16.2. The third kappa shape index (κ3) is 7.36. The molecule has 1 aliphatic rings. The van der Waals surface area contributed by atoms with Crippen LogP contribution < -0.4 is 14.8 Å². The van der Waals surface area contributed by atoms with Crippen molar-refractivity contribution in [3.8, 4) is 11.5 Å². The Morgan fingerprint density at radius 1 is 1.14 bits per heavy atom. The Bertz CT molecular complexity index is 1230. The van der Waals surface area contributed by atoms with Gasteiger partial charge in [0.25, 0.3) is 11.1 Å². The van der Waals surface area contributed by atoms with Crippen molar-refractivity contribution in [2.45, 2.75) is 26.7 Å². The third-order valence-corrected chi connectivity index (χ3v) is 6.72. The number of methoxy groups -OCH3 is 1. The van der Waals surface area contributed by atoms with Crippen molar-refractivity contribution in [2.24, 2.45) is 0 Å². The predicted molar refractivity (Wildman–Crippen MR) is 145 cm³/mol. The molecule has 0 unspecified atom stereocenters. The lowest BCUT2D eigenvalue weighted by molar-refractivity contribution is -0.143. The lowest BCUT2D eigenvalue weighted by Crippen LogP contribution is -2.36. The molecule has 0 bridgehead atoms. The standard InChI is InChI=1S/C26H27BrN2O7S/c1-5-35-20-11-16(10-19(27)24(20)36-14-23(31)34-4)12-21-25(32)29(26(33)37-21)13-22(30)28-18-8-6-17(7-9-18)15(2)3/h6-12,15H,5,13-14H2,1-4H3,(H,28,30)/b21-12-. The van der Waals surface area contributed by atoms with Crippen LogP contribution in [0.2, 0.25) is 0 Å². The molecule has 1 N–H and O–H groups in total. The Hall–Kier alpha value is -3.31. The predicted octanol–water partition coefficient (Wildman–Crippen LogP) is 5.20. The normalized spacial score (nSPS) is 14.3. The molecule has 1 fully saturated rings. The molecule has 0 saturated carbocycles. The van der Waals surface area contributed by atoms with Crippen molar-refractivity contribution >= 4 is 62.5 Å². The minimum absolute atomic E-state index is 0.164. The maximum atomic E-state index is 12.9. The summed E-state index contributed by atoms with van der Waals surface area (Å²) in [6.45, 7) is 5.56. The molecule has 3 amide bonds. The summed E-state index contributed by atoms with van der Waals surface area (Å²) >= 11 is 4.14. The van der Waals surface area contributed by atoms with E-state index in [-0.39, 0.29) is 11.5 Å². The van der Waals surface area contributed by atoms with Crippen LogP contribution in [0.4, 0.5) is 10.5 Å². The molecule has 196 valence electrons. The fourth-order valence-electron chi connectivity index (χ4n) is 3.35. The summed E-state index contributed by atoms with van der Waals surface area (Å²) in [5.74, 6) is -0.594. The van der Waals surface area contributed by atoms with Gasteiger partial charge >= 0.3 is 5.97 Å². The Labute approximate surface area is 227 Å². The molecule has 2 aromatic rings. The Kier molecular flexibility index (Phi) is 9.76. The Balaban J connectivity index is 1.73. The number of thioether (sulfide) groups is 1. The average molecular weight is 591 g/mol. The van der Waals surface area contributed by atoms with Gasteiger partial charge in [0, 0.05) is 5.69 Å². The molecule has 1 heterocycles. The number of benzene rings is 2. The molecule has 0 spiro atoms. The van der Waals surface area contributed by atoms with Gasteiger partial charge in [0.05, 0.1) is 23.1 Å². The second kappa shape index (κ2) is 12.8. The molecular weight excluding hydrogens is 564 g/mol. The molecule has 37 heavy (non-hydrogen) atoms. The van der Waals surface area contributed by atoms with Crippen molar-refractivity contribution in [1.82, 2.24) is 4.90 Å². The van der Waals surface area contributed by atoms with Crippen LogP contribution in [-0.4, -0.2) is 54.8 Å². The lowest BCUT2D eigenvalue weighted by Gasteiger charge is -2.14. The van der Waals surface area contributed by atoms with E-state index in [0.29, 0.717) is 39.7 Å². The van der Waals surface area contributed by atoms with Gasteiger partial charge in [-0.05, 0) is 82.0 Å². The number of carbonyl (C=O) groups is 4. The van der Waals surface area contributed by atoms with Crippen molar-refractivity contribution < 1.29 is 33.4 Å². The number of amides is 3. The van der Waals surface area contributed by atoms with E-state index < -0.39 is 29.6 Å². The van der Waals surface area contributed by atoms with E-state index in [1.165, 1.54) is 13.2 Å². The highest BCUT2D eigenvalue weighted by Crippen LogP contribution is 2.39. The largest absolute Gasteiger partial charge is 0.490 e. The molecule has 0 aromatic heterocycles. The Morgan fingerprint density at radius 2 is 1.84 bits per heavy atom. The number of esters is 1. The fraction of sp³-hybridized carbons (Fsp3) is 0.308. The number of nitrogens with one attached hydrogen (secondary N) is 1. The highest BCUT2D eigenvalue weighted by molar-refractivity contribution is 9.10. The van der Waals surface area contributed by atoms with E-state index in [2.05, 4.69) is 39.8 Å². The average Bonchev–Trinajstić information content (AvgIpc) is 3.11. The number of carbonyl (C=O) groups excluding carboxylic acids is 4. The molecule has 0 radical (unpaired) electrons. The SMILES string of the molecule is CCOc1cc(/C=C2\SC(=O)N(CC(=O)Nc3ccc(C(C)C)cc3)C2=O)cc(Br)c1OCC(=O)OC. The highest BCUT2D eigenvalue weighted by Gasteiger charge is 2.36. The van der Waals surface area contributed by atoms with Crippen molar-refractivity contribution in [2.75, 3.05) is 32.2 Å². The van der Waals surface area contributed by atoms with Gasteiger partial charge in [-0.2, -0.15) is 0 Å². The van der Waals surface area contributed by atoms with Crippen LogP contribution in [0.25, 0.3) is 6.08 Å². The minimum Gasteiger partial charge on any atom is -0.490 e. The van der Waals surface area contributed by atoms with Gasteiger partial charge in [0.1, 0.15) is 6.54 Å². The third-order valence-electron chi connectivity index (χ3n) is 5.23. The summed E-state index contributed by atoms with van der Waals surface area (Å²) in [4.78, 5) is 50.5. The summed E-state index contributed by atoms with van der Waals surface area (Å²) in [5.41, 5.74) is 2.27. The lowest BCUT2D eigenvalue weighted by atomic mass is 10.0. The van der Waals surface area contributed by atoms with Crippen LogP contribution in [0, 0.1) is 0 Å². The summed E-state index contributed by atoms with van der Waals surface area (Å²) in [6, 6.07) is 10.7. The van der Waals surface area contributed by atoms with Crippen LogP contribution in [0.15, 0.2) is 45.8 Å². The first-order chi connectivity index (χ1) is 17.6. The number of halogens is 1. The molecule has 11 heteroatoms. The van der Waals surface area contributed by atoms with E-state index in [4.69, 9.17) is 9.47 Å². The first-order valence-corrected chi connectivity index (χ1v) is 13.0. The smallest absolute Gasteiger partial charge is 0.343 e. The highest BCUT2D eigenvalue weighted by atomic mass is 79.9. The topological polar surface area (TPSA) is 111 Å². The minimum atomic E-state index is -0.569. The van der Waals surface area contributed by atoms with Crippen molar-refractivity contribution in [3.05, 3.63) is 56.9 Å². The van der Waals surface area contributed by atoms with Crippen molar-refractivity contribution in [1.29, 1.82) is 0 Å². The van der Waals surface area contributed by atoms with E-state index >= 15 is 0 Å². The van der Waals surface area contributed by atoms with E-state index in [1.54, 1.807) is 31.2 Å². The van der Waals surface area contributed by atoms with Gasteiger partial charge in [0.2, 0.25) is 5.91 Å². The molecule has 2 aromatic carbocycles. The number of ether oxygens (including phenoxy) is 3. The number of nitrogens with zero attached hydrogens (tertiary/aromatic N) is 1. The zero-order chi connectivity index (χ0) is 27.1.